The molecule has 0 fully saturated rings. The van der Waals surface area contributed by atoms with Gasteiger partial charge in [0, 0.05) is 17.1 Å². The molecule has 0 spiro atoms. The minimum Gasteiger partial charge on any atom is -0.306 e. The van der Waals surface area contributed by atoms with E-state index in [0.29, 0.717) is 17.5 Å². The molecular weight excluding hydrogens is 322 g/mol. The van der Waals surface area contributed by atoms with Crippen molar-refractivity contribution in [2.24, 2.45) is 5.10 Å². The van der Waals surface area contributed by atoms with E-state index < -0.39 is 0 Å². The summed E-state index contributed by atoms with van der Waals surface area (Å²) in [5.74, 6) is 0.472. The molecule has 3 rings (SSSR count). The molecule has 24 heavy (non-hydrogen) atoms. The molecule has 0 bridgehead atoms. The van der Waals surface area contributed by atoms with E-state index in [1.165, 1.54) is 10.6 Å². The molecule has 0 aliphatic carbocycles. The number of nitrogens with zero attached hydrogens (tertiary/aromatic N) is 2. The van der Waals surface area contributed by atoms with Gasteiger partial charge in [-0.2, -0.15) is 5.10 Å². The van der Waals surface area contributed by atoms with Crippen LogP contribution in [-0.2, 0) is 0 Å². The number of nitrogens with one attached hydrogen (secondary N) is 1. The Hall–Kier alpha value is -2.33. The first-order valence-electron chi connectivity index (χ1n) is 8.05. The van der Waals surface area contributed by atoms with E-state index in [0.717, 1.165) is 23.4 Å². The topological polar surface area (TPSA) is 44.7 Å². The van der Waals surface area contributed by atoms with E-state index in [9.17, 15) is 4.79 Å². The highest BCUT2D eigenvalue weighted by molar-refractivity contribution is 6.30. The maximum Gasteiger partial charge on any atom is 0.342 e. The number of carbonyl (C=O) groups excluding carboxylic acids is 1. The van der Waals surface area contributed by atoms with Gasteiger partial charge in [0.1, 0.15) is 0 Å². The second-order valence-corrected chi connectivity index (χ2v) is 6.57. The largest absolute Gasteiger partial charge is 0.342 e. The lowest BCUT2D eigenvalue weighted by atomic mass is 10.0. The van der Waals surface area contributed by atoms with E-state index in [2.05, 4.69) is 24.3 Å². The van der Waals surface area contributed by atoms with Crippen molar-refractivity contribution in [2.75, 3.05) is 11.9 Å². The van der Waals surface area contributed by atoms with Crippen LogP contribution in [-0.4, -0.2) is 23.3 Å². The minimum absolute atomic E-state index is 0.212. The maximum absolute atomic E-state index is 12.4. The van der Waals surface area contributed by atoms with Crippen LogP contribution in [0.15, 0.2) is 53.6 Å². The minimum atomic E-state index is -0.212. The van der Waals surface area contributed by atoms with Crippen LogP contribution in [0.2, 0.25) is 5.02 Å². The number of anilines is 1. The summed E-state index contributed by atoms with van der Waals surface area (Å²) in [5, 5.41) is 9.48. The normalized spacial score (nSPS) is 14.0. The lowest BCUT2D eigenvalue weighted by molar-refractivity contribution is 0.219. The van der Waals surface area contributed by atoms with Crippen LogP contribution in [0.1, 0.15) is 37.3 Å². The molecule has 2 amide bonds. The van der Waals surface area contributed by atoms with E-state index >= 15 is 0 Å². The van der Waals surface area contributed by atoms with E-state index in [1.807, 2.05) is 48.5 Å². The van der Waals surface area contributed by atoms with Gasteiger partial charge in [-0.05, 0) is 41.3 Å². The zero-order chi connectivity index (χ0) is 17.1. The predicted molar refractivity (Wildman–Crippen MR) is 98.9 cm³/mol. The van der Waals surface area contributed by atoms with Crippen LogP contribution in [0, 0.1) is 0 Å². The van der Waals surface area contributed by atoms with Crippen LogP contribution in [0.25, 0.3) is 0 Å². The maximum atomic E-state index is 12.4. The predicted octanol–water partition coefficient (Wildman–Crippen LogP) is 5.11. The summed E-state index contributed by atoms with van der Waals surface area (Å²) in [4.78, 5) is 12.4. The number of hydrogen-bond acceptors (Lipinski definition) is 2. The number of rotatable bonds is 3. The van der Waals surface area contributed by atoms with E-state index in [1.54, 1.807) is 0 Å². The molecule has 124 valence electrons. The van der Waals surface area contributed by atoms with Gasteiger partial charge < -0.3 is 5.32 Å². The second-order valence-electron chi connectivity index (χ2n) is 6.13. The fraction of sp³-hybridized carbons (Fsp3) is 0.263. The third-order valence-corrected chi connectivity index (χ3v) is 4.29. The zero-order valence-electron chi connectivity index (χ0n) is 13.8. The highest BCUT2D eigenvalue weighted by atomic mass is 35.5. The van der Waals surface area contributed by atoms with Gasteiger partial charge in [0.2, 0.25) is 0 Å². The number of benzene rings is 2. The average molecular weight is 342 g/mol. The van der Waals surface area contributed by atoms with Gasteiger partial charge >= 0.3 is 6.03 Å². The highest BCUT2D eigenvalue weighted by Crippen LogP contribution is 2.19. The summed E-state index contributed by atoms with van der Waals surface area (Å²) in [6.45, 7) is 4.86. The molecule has 0 aromatic heterocycles. The van der Waals surface area contributed by atoms with Crippen molar-refractivity contribution in [1.29, 1.82) is 0 Å². The first-order chi connectivity index (χ1) is 11.5. The molecule has 4 nitrogen and oxygen atoms in total. The van der Waals surface area contributed by atoms with Crippen molar-refractivity contribution in [1.82, 2.24) is 5.01 Å². The van der Waals surface area contributed by atoms with Crippen LogP contribution in [0.5, 0.6) is 0 Å². The lowest BCUT2D eigenvalue weighted by Gasteiger charge is -2.13. The number of amides is 2. The molecule has 2 aromatic carbocycles. The molecule has 0 radical (unpaired) electrons. The van der Waals surface area contributed by atoms with Crippen molar-refractivity contribution in [3.8, 4) is 0 Å². The van der Waals surface area contributed by atoms with Gasteiger partial charge in [-0.25, -0.2) is 9.80 Å². The van der Waals surface area contributed by atoms with Crippen LogP contribution in [0.3, 0.4) is 0 Å². The van der Waals surface area contributed by atoms with Crippen molar-refractivity contribution in [3.05, 3.63) is 64.7 Å². The Morgan fingerprint density at radius 3 is 2.42 bits per heavy atom. The standard InChI is InChI=1S/C19H20ClN3O/c1-13(2)14-5-9-17(10-6-14)21-19(24)23-12-11-18(22-23)15-3-7-16(20)8-4-15/h3-10,13H,11-12H2,1-2H3,(H,21,24). The molecule has 0 saturated heterocycles. The molecular formula is C19H20ClN3O. The summed E-state index contributed by atoms with van der Waals surface area (Å²) < 4.78 is 0. The number of urea groups is 1. The Labute approximate surface area is 147 Å². The highest BCUT2D eigenvalue weighted by Gasteiger charge is 2.21. The smallest absolute Gasteiger partial charge is 0.306 e. The Bertz CT molecular complexity index is 751. The monoisotopic (exact) mass is 341 g/mol. The third kappa shape index (κ3) is 3.77. The number of hydrazone groups is 1. The van der Waals surface area contributed by atoms with Crippen LogP contribution in [0.4, 0.5) is 10.5 Å². The average Bonchev–Trinajstić information content (AvgIpc) is 3.06. The van der Waals surface area contributed by atoms with Gasteiger partial charge in [-0.3, -0.25) is 0 Å². The molecule has 0 saturated carbocycles. The summed E-state index contributed by atoms with van der Waals surface area (Å²) in [6.07, 6.45) is 0.737. The number of carbonyl (C=O) groups is 1. The van der Waals surface area contributed by atoms with Crippen molar-refractivity contribution >= 4 is 29.0 Å². The summed E-state index contributed by atoms with van der Waals surface area (Å²) in [5.41, 5.74) is 3.92. The Morgan fingerprint density at radius 2 is 1.79 bits per heavy atom. The van der Waals surface area contributed by atoms with Crippen molar-refractivity contribution in [3.63, 3.8) is 0 Å². The molecule has 5 heteroatoms. The van der Waals surface area contributed by atoms with E-state index in [4.69, 9.17) is 11.6 Å². The van der Waals surface area contributed by atoms with Gasteiger partial charge in [0.05, 0.1) is 12.3 Å². The first kappa shape index (κ1) is 16.5. The fourth-order valence-corrected chi connectivity index (χ4v) is 2.71. The summed E-state index contributed by atoms with van der Waals surface area (Å²) >= 11 is 5.90. The summed E-state index contributed by atoms with van der Waals surface area (Å²) in [7, 11) is 0. The molecule has 0 atom stereocenters. The Kier molecular flexibility index (Phi) is 4.86. The third-order valence-electron chi connectivity index (χ3n) is 4.04. The van der Waals surface area contributed by atoms with Gasteiger partial charge in [-0.15, -0.1) is 0 Å². The number of halogens is 1. The van der Waals surface area contributed by atoms with E-state index in [-0.39, 0.29) is 6.03 Å². The van der Waals surface area contributed by atoms with Crippen LogP contribution < -0.4 is 5.32 Å². The second kappa shape index (κ2) is 7.05. The first-order valence-corrected chi connectivity index (χ1v) is 8.42. The van der Waals surface area contributed by atoms with Gasteiger partial charge in [0.15, 0.2) is 0 Å². The fourth-order valence-electron chi connectivity index (χ4n) is 2.59. The molecule has 1 aliphatic heterocycles. The lowest BCUT2D eigenvalue weighted by Crippen LogP contribution is -2.28. The number of hydrogen-bond donors (Lipinski definition) is 1. The molecule has 0 unspecified atom stereocenters. The Balaban J connectivity index is 1.66. The van der Waals surface area contributed by atoms with Crippen molar-refractivity contribution in [2.45, 2.75) is 26.2 Å². The molecule has 1 N–H and O–H groups in total. The zero-order valence-corrected chi connectivity index (χ0v) is 14.5. The molecule has 1 aliphatic rings. The van der Waals surface area contributed by atoms with Crippen molar-refractivity contribution < 1.29 is 4.79 Å². The SMILES string of the molecule is CC(C)c1ccc(NC(=O)N2CCC(c3ccc(Cl)cc3)=N2)cc1. The Morgan fingerprint density at radius 1 is 1.12 bits per heavy atom. The summed E-state index contributed by atoms with van der Waals surface area (Å²) in [6, 6.07) is 15.2. The van der Waals surface area contributed by atoms with Gasteiger partial charge in [0.25, 0.3) is 0 Å². The molecule has 1 heterocycles. The molecule has 2 aromatic rings. The van der Waals surface area contributed by atoms with Gasteiger partial charge in [-0.1, -0.05) is 49.7 Å². The van der Waals surface area contributed by atoms with Crippen LogP contribution >= 0.6 is 11.6 Å². The quantitative estimate of drug-likeness (QED) is 0.828.